The monoisotopic (exact) mass is 208 g/mol. The first-order chi connectivity index (χ1) is 7.19. The van der Waals surface area contributed by atoms with E-state index in [9.17, 15) is 9.18 Å². The van der Waals surface area contributed by atoms with E-state index in [0.717, 1.165) is 0 Å². The van der Waals surface area contributed by atoms with Crippen molar-refractivity contribution in [3.8, 4) is 5.75 Å². The van der Waals surface area contributed by atoms with Crippen molar-refractivity contribution in [3.63, 3.8) is 0 Å². The van der Waals surface area contributed by atoms with Crippen LogP contribution in [0.5, 0.6) is 5.75 Å². The van der Waals surface area contributed by atoms with Gasteiger partial charge in [-0.15, -0.1) is 0 Å². The Morgan fingerprint density at radius 3 is 2.87 bits per heavy atom. The number of allylic oxidation sites excluding steroid dienone is 2. The summed E-state index contributed by atoms with van der Waals surface area (Å²) in [5.41, 5.74) is 0.359. The van der Waals surface area contributed by atoms with Gasteiger partial charge in [-0.25, -0.2) is 4.39 Å². The lowest BCUT2D eigenvalue weighted by atomic mass is 10.1. The molecule has 0 aliphatic rings. The molecule has 0 atom stereocenters. The first kappa shape index (κ1) is 11.4. The number of carbonyl (C=O) groups excluding carboxylic acids is 1. The van der Waals surface area contributed by atoms with Gasteiger partial charge in [-0.3, -0.25) is 4.79 Å². The third-order valence-electron chi connectivity index (χ3n) is 1.98. The molecule has 0 heterocycles. The van der Waals surface area contributed by atoms with E-state index in [1.807, 2.05) is 0 Å². The number of ketones is 1. The molecule has 1 aromatic rings. The van der Waals surface area contributed by atoms with Gasteiger partial charge in [0.05, 0.1) is 7.11 Å². The minimum atomic E-state index is -0.460. The zero-order valence-electron chi connectivity index (χ0n) is 8.79. The highest BCUT2D eigenvalue weighted by Crippen LogP contribution is 2.20. The predicted octanol–water partition coefficient (Wildman–Crippen LogP) is 2.52. The topological polar surface area (TPSA) is 26.3 Å². The van der Waals surface area contributed by atoms with Crippen molar-refractivity contribution in [2.75, 3.05) is 7.11 Å². The van der Waals surface area contributed by atoms with E-state index < -0.39 is 5.82 Å². The van der Waals surface area contributed by atoms with Crippen molar-refractivity contribution in [2.45, 2.75) is 13.3 Å². The lowest BCUT2D eigenvalue weighted by Gasteiger charge is -2.05. The average Bonchev–Trinajstić information content (AvgIpc) is 2.21. The fraction of sp³-hybridized carbons (Fsp3) is 0.250. The molecular weight excluding hydrogens is 195 g/mol. The average molecular weight is 208 g/mol. The Labute approximate surface area is 88.4 Å². The van der Waals surface area contributed by atoms with E-state index in [2.05, 4.69) is 0 Å². The molecule has 15 heavy (non-hydrogen) atoms. The van der Waals surface area contributed by atoms with Gasteiger partial charge in [0.1, 0.15) is 0 Å². The van der Waals surface area contributed by atoms with Crippen LogP contribution in [0.3, 0.4) is 0 Å². The van der Waals surface area contributed by atoms with Gasteiger partial charge >= 0.3 is 0 Å². The molecule has 1 aromatic carbocycles. The molecule has 2 nitrogen and oxygen atoms in total. The normalized spacial score (nSPS) is 10.6. The third kappa shape index (κ3) is 2.91. The quantitative estimate of drug-likeness (QED) is 0.711. The summed E-state index contributed by atoms with van der Waals surface area (Å²) in [7, 11) is 1.40. The minimum absolute atomic E-state index is 0.0629. The molecule has 0 aliphatic carbocycles. The van der Waals surface area contributed by atoms with Gasteiger partial charge in [-0.1, -0.05) is 18.2 Å². The highest BCUT2D eigenvalue weighted by atomic mass is 19.1. The van der Waals surface area contributed by atoms with Crippen molar-refractivity contribution in [1.82, 2.24) is 0 Å². The van der Waals surface area contributed by atoms with Gasteiger partial charge in [0.25, 0.3) is 0 Å². The molecule has 0 bridgehead atoms. The molecule has 0 fully saturated rings. The molecule has 0 radical (unpaired) electrons. The fourth-order valence-electron chi connectivity index (χ4n) is 1.28. The fourth-order valence-corrected chi connectivity index (χ4v) is 1.28. The van der Waals surface area contributed by atoms with Crippen LogP contribution in [0.1, 0.15) is 12.5 Å². The Bertz CT molecular complexity index is 383. The molecule has 0 spiro atoms. The van der Waals surface area contributed by atoms with Crippen LogP contribution < -0.4 is 4.74 Å². The summed E-state index contributed by atoms with van der Waals surface area (Å²) in [6.07, 6.45) is 3.13. The Kier molecular flexibility index (Phi) is 4.03. The van der Waals surface area contributed by atoms with Gasteiger partial charge in [0.2, 0.25) is 0 Å². The number of carbonyl (C=O) groups is 1. The molecule has 0 N–H and O–H groups in total. The van der Waals surface area contributed by atoms with E-state index in [0.29, 0.717) is 5.56 Å². The van der Waals surface area contributed by atoms with Crippen LogP contribution in [0.15, 0.2) is 30.4 Å². The third-order valence-corrected chi connectivity index (χ3v) is 1.98. The molecular formula is C12H13FO2. The number of hydrogen-bond donors (Lipinski definition) is 0. The van der Waals surface area contributed by atoms with Crippen LogP contribution in [0, 0.1) is 5.82 Å². The summed E-state index contributed by atoms with van der Waals surface area (Å²) in [5.74, 6) is -0.414. The zero-order valence-corrected chi connectivity index (χ0v) is 8.79. The zero-order chi connectivity index (χ0) is 11.3. The van der Waals surface area contributed by atoms with Crippen LogP contribution in [0.4, 0.5) is 4.39 Å². The molecule has 0 amide bonds. The smallest absolute Gasteiger partial charge is 0.168 e. The lowest BCUT2D eigenvalue weighted by Crippen LogP contribution is -2.02. The van der Waals surface area contributed by atoms with Crippen LogP contribution in [0.2, 0.25) is 0 Å². The first-order valence-electron chi connectivity index (χ1n) is 4.66. The van der Waals surface area contributed by atoms with Gasteiger partial charge in [-0.2, -0.15) is 0 Å². The van der Waals surface area contributed by atoms with E-state index in [1.54, 1.807) is 25.1 Å². The molecule has 3 heteroatoms. The molecule has 0 saturated heterocycles. The Balaban J connectivity index is 2.90. The summed E-state index contributed by atoms with van der Waals surface area (Å²) in [4.78, 5) is 11.3. The Hall–Kier alpha value is -1.64. The summed E-state index contributed by atoms with van der Waals surface area (Å²) in [5, 5.41) is 0. The lowest BCUT2D eigenvalue weighted by molar-refractivity contribution is -0.114. The van der Waals surface area contributed by atoms with Gasteiger partial charge in [-0.05, 0) is 24.6 Å². The number of halogens is 1. The molecule has 80 valence electrons. The predicted molar refractivity (Wildman–Crippen MR) is 56.5 cm³/mol. The maximum absolute atomic E-state index is 13.6. The van der Waals surface area contributed by atoms with Crippen molar-refractivity contribution >= 4 is 5.78 Å². The maximum atomic E-state index is 13.6. The van der Waals surface area contributed by atoms with Gasteiger partial charge < -0.3 is 4.74 Å². The van der Waals surface area contributed by atoms with Crippen molar-refractivity contribution in [3.05, 3.63) is 41.7 Å². The highest BCUT2D eigenvalue weighted by molar-refractivity contribution is 5.91. The Morgan fingerprint density at radius 1 is 1.53 bits per heavy atom. The van der Waals surface area contributed by atoms with E-state index in [1.165, 1.54) is 19.3 Å². The Morgan fingerprint density at radius 2 is 2.27 bits per heavy atom. The molecule has 0 unspecified atom stereocenters. The number of methoxy groups -OCH3 is 1. The SMILES string of the molecule is C/C=C/C(=O)Cc1cccc(OC)c1F. The van der Waals surface area contributed by atoms with Crippen LogP contribution in [-0.2, 0) is 11.2 Å². The number of rotatable bonds is 4. The molecule has 1 rings (SSSR count). The maximum Gasteiger partial charge on any atom is 0.168 e. The molecule has 0 aromatic heterocycles. The van der Waals surface area contributed by atoms with E-state index in [-0.39, 0.29) is 18.0 Å². The van der Waals surface area contributed by atoms with Crippen LogP contribution >= 0.6 is 0 Å². The highest BCUT2D eigenvalue weighted by Gasteiger charge is 2.10. The summed E-state index contributed by atoms with van der Waals surface area (Å²) >= 11 is 0. The first-order valence-corrected chi connectivity index (χ1v) is 4.66. The second-order valence-electron chi connectivity index (χ2n) is 3.08. The summed E-state index contributed by atoms with van der Waals surface area (Å²) in [6.45, 7) is 1.75. The summed E-state index contributed by atoms with van der Waals surface area (Å²) < 4.78 is 18.4. The van der Waals surface area contributed by atoms with Gasteiger partial charge in [0.15, 0.2) is 17.3 Å². The number of ether oxygens (including phenoxy) is 1. The molecule has 0 saturated carbocycles. The number of hydrogen-bond acceptors (Lipinski definition) is 2. The second kappa shape index (κ2) is 5.29. The standard InChI is InChI=1S/C12H13FO2/c1-3-5-10(14)8-9-6-4-7-11(15-2)12(9)13/h3-7H,8H2,1-2H3/b5-3+. The van der Waals surface area contributed by atoms with E-state index in [4.69, 9.17) is 4.74 Å². The van der Waals surface area contributed by atoms with Crippen LogP contribution in [-0.4, -0.2) is 12.9 Å². The van der Waals surface area contributed by atoms with Gasteiger partial charge in [0, 0.05) is 6.42 Å². The second-order valence-corrected chi connectivity index (χ2v) is 3.08. The van der Waals surface area contributed by atoms with Crippen molar-refractivity contribution in [1.29, 1.82) is 0 Å². The van der Waals surface area contributed by atoms with Crippen molar-refractivity contribution < 1.29 is 13.9 Å². The van der Waals surface area contributed by atoms with E-state index >= 15 is 0 Å². The van der Waals surface area contributed by atoms with Crippen LogP contribution in [0.25, 0.3) is 0 Å². The number of benzene rings is 1. The van der Waals surface area contributed by atoms with Crippen molar-refractivity contribution in [2.24, 2.45) is 0 Å². The largest absolute Gasteiger partial charge is 0.494 e. The molecule has 0 aliphatic heterocycles. The summed E-state index contributed by atoms with van der Waals surface area (Å²) in [6, 6.07) is 4.78. The minimum Gasteiger partial charge on any atom is -0.494 e.